The van der Waals surface area contributed by atoms with Crippen molar-refractivity contribution in [3.8, 4) is 0 Å². The lowest BCUT2D eigenvalue weighted by atomic mass is 10.4. The molecule has 0 unspecified atom stereocenters. The number of rotatable bonds is 7. The topological polar surface area (TPSA) is 93.3 Å². The van der Waals surface area contributed by atoms with E-state index in [1.165, 1.54) is 11.3 Å². The molecule has 1 aliphatic heterocycles. The summed E-state index contributed by atoms with van der Waals surface area (Å²) in [5.41, 5.74) is 0. The van der Waals surface area contributed by atoms with Crippen molar-refractivity contribution in [2.24, 2.45) is 5.10 Å². The maximum absolute atomic E-state index is 10.8. The predicted molar refractivity (Wildman–Crippen MR) is 80.9 cm³/mol. The first-order valence-electron chi connectivity index (χ1n) is 6.58. The monoisotopic (exact) mass is 349 g/mol. The number of thiazole rings is 1. The van der Waals surface area contributed by atoms with E-state index in [1.807, 2.05) is 6.92 Å². The van der Waals surface area contributed by atoms with E-state index in [2.05, 4.69) is 10.1 Å². The molecule has 0 N–H and O–H groups in total. The maximum atomic E-state index is 10.8. The fraction of sp³-hybridized carbons (Fsp3) is 0.636. The number of ether oxygens (including phenoxy) is 2. The maximum Gasteiger partial charge on any atom is 0.279 e. The minimum Gasteiger partial charge on any atom is -0.361 e. The van der Waals surface area contributed by atoms with Crippen LogP contribution in [0, 0.1) is 10.1 Å². The van der Waals surface area contributed by atoms with Gasteiger partial charge in [0.2, 0.25) is 0 Å². The number of hydrogen-bond acceptors (Lipinski definition) is 6. The summed E-state index contributed by atoms with van der Waals surface area (Å²) < 4.78 is 11.3. The predicted octanol–water partition coefficient (Wildman–Crippen LogP) is 1.78. The molecule has 0 aromatic carbocycles. The summed E-state index contributed by atoms with van der Waals surface area (Å²) in [6.07, 6.45) is 2.49. The molecule has 1 saturated heterocycles. The molecule has 0 saturated carbocycles. The molecule has 0 spiro atoms. The van der Waals surface area contributed by atoms with Crippen LogP contribution in [-0.2, 0) is 16.0 Å². The number of hydrazone groups is 1. The third-order valence-corrected chi connectivity index (χ3v) is 3.80. The Hall–Kier alpha value is -1.49. The zero-order chi connectivity index (χ0) is 15.9. The van der Waals surface area contributed by atoms with Gasteiger partial charge in [-0.1, -0.05) is 18.5 Å². The van der Waals surface area contributed by atoms with Crippen molar-refractivity contribution in [3.05, 3.63) is 25.7 Å². The first-order valence-corrected chi connectivity index (χ1v) is 7.78. The van der Waals surface area contributed by atoms with Gasteiger partial charge in [0.15, 0.2) is 9.50 Å². The smallest absolute Gasteiger partial charge is 0.279 e. The zero-order valence-electron chi connectivity index (χ0n) is 12.0. The van der Waals surface area contributed by atoms with Crippen LogP contribution in [-0.4, -0.2) is 52.6 Å². The van der Waals surface area contributed by atoms with E-state index in [0.717, 1.165) is 11.3 Å². The van der Waals surface area contributed by atoms with Crippen molar-refractivity contribution in [3.63, 3.8) is 0 Å². The molecule has 122 valence electrons. The highest BCUT2D eigenvalue weighted by Gasteiger charge is 2.28. The summed E-state index contributed by atoms with van der Waals surface area (Å²) in [4.78, 5) is 18.8. The van der Waals surface area contributed by atoms with Gasteiger partial charge >= 0.3 is 0 Å². The second kappa shape index (κ2) is 8.22. The molecule has 9 nitrogen and oxygen atoms in total. The summed E-state index contributed by atoms with van der Waals surface area (Å²) in [7, 11) is 0. The molecule has 11 heteroatoms. The van der Waals surface area contributed by atoms with Crippen LogP contribution in [0.15, 0.2) is 11.3 Å². The molecular weight excluding hydrogens is 334 g/mol. The number of halogens is 1. The first kappa shape index (κ1) is 16.9. The highest BCUT2D eigenvalue weighted by Crippen LogP contribution is 2.21. The fourth-order valence-corrected chi connectivity index (χ4v) is 2.85. The lowest BCUT2D eigenvalue weighted by Crippen LogP contribution is -2.52. The average Bonchev–Trinajstić information content (AvgIpc) is 2.87. The van der Waals surface area contributed by atoms with Crippen molar-refractivity contribution in [2.45, 2.75) is 19.9 Å². The van der Waals surface area contributed by atoms with Crippen LogP contribution >= 0.6 is 22.9 Å². The minimum atomic E-state index is -0.722. The van der Waals surface area contributed by atoms with E-state index in [-0.39, 0.29) is 26.2 Å². The third kappa shape index (κ3) is 4.77. The first-order chi connectivity index (χ1) is 10.6. The Bertz CT molecular complexity index is 540. The van der Waals surface area contributed by atoms with Crippen LogP contribution in [0.25, 0.3) is 0 Å². The number of guanidine groups is 1. The largest absolute Gasteiger partial charge is 0.361 e. The Kier molecular flexibility index (Phi) is 6.31. The molecule has 2 rings (SSSR count). The summed E-state index contributed by atoms with van der Waals surface area (Å²) in [6.45, 7) is 3.50. The van der Waals surface area contributed by atoms with Crippen molar-refractivity contribution < 1.29 is 14.5 Å². The molecule has 0 atom stereocenters. The second-order valence-corrected chi connectivity index (χ2v) is 6.15. The van der Waals surface area contributed by atoms with E-state index in [9.17, 15) is 10.1 Å². The van der Waals surface area contributed by atoms with Gasteiger partial charge in [-0.05, 0) is 6.42 Å². The fourth-order valence-electron chi connectivity index (χ4n) is 1.85. The molecule has 0 amide bonds. The molecule has 2 heterocycles. The average molecular weight is 350 g/mol. The molecule has 0 bridgehead atoms. The van der Waals surface area contributed by atoms with Crippen LogP contribution in [0.4, 0.5) is 0 Å². The number of nitro groups is 1. The Labute approximate surface area is 136 Å². The molecule has 22 heavy (non-hydrogen) atoms. The van der Waals surface area contributed by atoms with Gasteiger partial charge in [-0.3, -0.25) is 4.90 Å². The van der Waals surface area contributed by atoms with Crippen LogP contribution < -0.4 is 0 Å². The zero-order valence-corrected chi connectivity index (χ0v) is 13.5. The summed E-state index contributed by atoms with van der Waals surface area (Å²) in [6, 6.07) is 0. The molecule has 1 aromatic heterocycles. The quantitative estimate of drug-likeness (QED) is 0.420. The van der Waals surface area contributed by atoms with Crippen LogP contribution in [0.1, 0.15) is 18.2 Å². The van der Waals surface area contributed by atoms with Gasteiger partial charge in [0.1, 0.15) is 25.3 Å². The van der Waals surface area contributed by atoms with E-state index < -0.39 is 5.03 Å². The Balaban J connectivity index is 2.10. The lowest BCUT2D eigenvalue weighted by molar-refractivity contribution is -0.487. The van der Waals surface area contributed by atoms with E-state index in [1.54, 1.807) is 16.0 Å². The van der Waals surface area contributed by atoms with E-state index >= 15 is 0 Å². The van der Waals surface area contributed by atoms with Crippen LogP contribution in [0.5, 0.6) is 0 Å². The summed E-state index contributed by atoms with van der Waals surface area (Å²) in [5.74, 6) is 0.205. The second-order valence-electron chi connectivity index (χ2n) is 4.45. The van der Waals surface area contributed by atoms with Crippen molar-refractivity contribution in [1.29, 1.82) is 0 Å². The van der Waals surface area contributed by atoms with Gasteiger partial charge in [-0.25, -0.2) is 15.1 Å². The van der Waals surface area contributed by atoms with Crippen LogP contribution in [0.2, 0.25) is 4.47 Å². The summed E-state index contributed by atoms with van der Waals surface area (Å²) in [5, 5.41) is 13.5. The van der Waals surface area contributed by atoms with Crippen LogP contribution in [0.3, 0.4) is 0 Å². The van der Waals surface area contributed by atoms with E-state index in [0.29, 0.717) is 17.6 Å². The molecular formula is C11H16ClN5O4S. The van der Waals surface area contributed by atoms with Crippen molar-refractivity contribution >= 4 is 28.9 Å². The molecule has 0 radical (unpaired) electrons. The highest BCUT2D eigenvalue weighted by atomic mass is 35.5. The van der Waals surface area contributed by atoms with E-state index in [4.69, 9.17) is 21.1 Å². The number of nitrogens with zero attached hydrogens (tertiary/aromatic N) is 5. The van der Waals surface area contributed by atoms with Gasteiger partial charge in [0.05, 0.1) is 6.54 Å². The van der Waals surface area contributed by atoms with Gasteiger partial charge in [-0.2, -0.15) is 0 Å². The third-order valence-electron chi connectivity index (χ3n) is 2.70. The lowest BCUT2D eigenvalue weighted by Gasteiger charge is -2.36. The number of hydrogen-bond donors (Lipinski definition) is 0. The molecule has 1 aliphatic rings. The van der Waals surface area contributed by atoms with Gasteiger partial charge in [-0.15, -0.1) is 11.3 Å². The van der Waals surface area contributed by atoms with Gasteiger partial charge < -0.3 is 14.4 Å². The Morgan fingerprint density at radius 3 is 3.00 bits per heavy atom. The Morgan fingerprint density at radius 2 is 2.36 bits per heavy atom. The van der Waals surface area contributed by atoms with Crippen molar-refractivity contribution in [1.82, 2.24) is 14.8 Å². The molecule has 1 fully saturated rings. The summed E-state index contributed by atoms with van der Waals surface area (Å²) >= 11 is 7.11. The normalized spacial score (nSPS) is 17.3. The highest BCUT2D eigenvalue weighted by molar-refractivity contribution is 7.15. The van der Waals surface area contributed by atoms with Crippen molar-refractivity contribution in [2.75, 3.05) is 26.8 Å². The number of aromatic nitrogens is 1. The molecule has 0 aliphatic carbocycles. The van der Waals surface area contributed by atoms with Gasteiger partial charge in [0, 0.05) is 17.7 Å². The van der Waals surface area contributed by atoms with Gasteiger partial charge in [0.25, 0.3) is 5.96 Å². The molecule has 1 aromatic rings. The standard InChI is InChI=1S/C11H16ClN5O4S/c1-2-3-20-7-16-8-21-6-15(11(16)14-17(18)19)5-9-4-13-10(12)22-9/h4H,2-3,5-8H2,1H3. The Morgan fingerprint density at radius 1 is 1.59 bits per heavy atom. The minimum absolute atomic E-state index is 0.181. The SMILES string of the molecule is CCCOCN1COCN(Cc2cnc(Cl)s2)C1=N[N+](=O)[O-].